The standard InChI is InChI=1S/C15H20O3/c1-9(2)11-6-10-4-5-13(8-12(10)7-11)15(3,18)14(16)17/h4-5,8-9,11,18H,6-7H2,1-3H3,(H,16,17)/t11-,15+/m1/s1. The number of aliphatic carboxylic acids is 1. The Morgan fingerprint density at radius 1 is 1.33 bits per heavy atom. The summed E-state index contributed by atoms with van der Waals surface area (Å²) in [6.45, 7) is 5.75. The molecule has 1 aliphatic carbocycles. The predicted molar refractivity (Wildman–Crippen MR) is 69.4 cm³/mol. The van der Waals surface area contributed by atoms with Gasteiger partial charge in [-0.15, -0.1) is 0 Å². The minimum absolute atomic E-state index is 0.471. The molecule has 0 aromatic heterocycles. The van der Waals surface area contributed by atoms with Crippen molar-refractivity contribution in [1.29, 1.82) is 0 Å². The number of carboxylic acids is 1. The van der Waals surface area contributed by atoms with Crippen molar-refractivity contribution in [3.63, 3.8) is 0 Å². The highest BCUT2D eigenvalue weighted by Gasteiger charge is 2.34. The van der Waals surface area contributed by atoms with E-state index in [0.717, 1.165) is 12.8 Å². The molecule has 3 heteroatoms. The van der Waals surface area contributed by atoms with Crippen LogP contribution in [-0.4, -0.2) is 16.2 Å². The quantitative estimate of drug-likeness (QED) is 0.863. The van der Waals surface area contributed by atoms with Gasteiger partial charge in [-0.1, -0.05) is 32.0 Å². The second-order valence-corrected chi connectivity index (χ2v) is 5.77. The zero-order valence-electron chi connectivity index (χ0n) is 11.1. The Labute approximate surface area is 107 Å². The van der Waals surface area contributed by atoms with Crippen LogP contribution in [-0.2, 0) is 23.2 Å². The Kier molecular flexibility index (Phi) is 3.20. The van der Waals surface area contributed by atoms with Crippen LogP contribution >= 0.6 is 0 Å². The number of hydrogen-bond donors (Lipinski definition) is 2. The Morgan fingerprint density at radius 3 is 2.50 bits per heavy atom. The molecule has 1 aromatic carbocycles. The van der Waals surface area contributed by atoms with Gasteiger partial charge in [0, 0.05) is 0 Å². The van der Waals surface area contributed by atoms with E-state index < -0.39 is 11.6 Å². The molecule has 0 radical (unpaired) electrons. The molecular formula is C15H20O3. The van der Waals surface area contributed by atoms with Gasteiger partial charge in [-0.05, 0) is 48.3 Å². The topological polar surface area (TPSA) is 57.5 Å². The number of carboxylic acid groups (broad SMARTS) is 1. The number of rotatable bonds is 3. The van der Waals surface area contributed by atoms with Crippen molar-refractivity contribution in [3.8, 4) is 0 Å². The lowest BCUT2D eigenvalue weighted by molar-refractivity contribution is -0.157. The molecule has 18 heavy (non-hydrogen) atoms. The summed E-state index contributed by atoms with van der Waals surface area (Å²) in [5, 5.41) is 19.0. The summed E-state index contributed by atoms with van der Waals surface area (Å²) in [4.78, 5) is 11.0. The Bertz CT molecular complexity index is 475. The molecule has 1 aromatic rings. The van der Waals surface area contributed by atoms with E-state index in [1.807, 2.05) is 12.1 Å². The van der Waals surface area contributed by atoms with Gasteiger partial charge in [0.1, 0.15) is 0 Å². The van der Waals surface area contributed by atoms with Crippen molar-refractivity contribution in [1.82, 2.24) is 0 Å². The zero-order valence-corrected chi connectivity index (χ0v) is 11.1. The first-order valence-corrected chi connectivity index (χ1v) is 6.40. The van der Waals surface area contributed by atoms with Crippen molar-refractivity contribution < 1.29 is 15.0 Å². The summed E-state index contributed by atoms with van der Waals surface area (Å²) in [6.07, 6.45) is 2.04. The number of aliphatic hydroxyl groups is 1. The molecule has 0 bridgehead atoms. The fourth-order valence-electron chi connectivity index (χ4n) is 2.55. The highest BCUT2D eigenvalue weighted by Crippen LogP contribution is 2.34. The van der Waals surface area contributed by atoms with E-state index in [2.05, 4.69) is 13.8 Å². The highest BCUT2D eigenvalue weighted by atomic mass is 16.4. The van der Waals surface area contributed by atoms with E-state index in [4.69, 9.17) is 5.11 Å². The third-order valence-electron chi connectivity index (χ3n) is 4.09. The zero-order chi connectivity index (χ0) is 13.5. The number of benzene rings is 1. The second-order valence-electron chi connectivity index (χ2n) is 5.77. The summed E-state index contributed by atoms with van der Waals surface area (Å²) in [7, 11) is 0. The van der Waals surface area contributed by atoms with Crippen molar-refractivity contribution in [2.24, 2.45) is 11.8 Å². The predicted octanol–water partition coefficient (Wildman–Crippen LogP) is 2.35. The van der Waals surface area contributed by atoms with Gasteiger partial charge >= 0.3 is 5.97 Å². The van der Waals surface area contributed by atoms with Crippen molar-refractivity contribution in [2.75, 3.05) is 0 Å². The van der Waals surface area contributed by atoms with Gasteiger partial charge < -0.3 is 10.2 Å². The average Bonchev–Trinajstić information content (AvgIpc) is 2.71. The number of fused-ring (bicyclic) bond motifs is 1. The van der Waals surface area contributed by atoms with Gasteiger partial charge in [0.05, 0.1) is 0 Å². The Morgan fingerprint density at radius 2 is 1.94 bits per heavy atom. The molecule has 3 nitrogen and oxygen atoms in total. The van der Waals surface area contributed by atoms with E-state index in [1.165, 1.54) is 18.1 Å². The van der Waals surface area contributed by atoms with Crippen LogP contribution in [0.1, 0.15) is 37.5 Å². The number of hydrogen-bond acceptors (Lipinski definition) is 2. The molecule has 0 amide bonds. The molecule has 0 aliphatic heterocycles. The summed E-state index contributed by atoms with van der Waals surface area (Å²) >= 11 is 0. The molecule has 1 aliphatic rings. The van der Waals surface area contributed by atoms with Crippen LogP contribution in [0.5, 0.6) is 0 Å². The van der Waals surface area contributed by atoms with Gasteiger partial charge in [0.15, 0.2) is 5.60 Å². The average molecular weight is 248 g/mol. The molecule has 2 atom stereocenters. The van der Waals surface area contributed by atoms with E-state index >= 15 is 0 Å². The Balaban J connectivity index is 2.32. The first-order chi connectivity index (χ1) is 8.32. The lowest BCUT2D eigenvalue weighted by atomic mass is 9.92. The van der Waals surface area contributed by atoms with Gasteiger partial charge in [0.25, 0.3) is 0 Å². The fraction of sp³-hybridized carbons (Fsp3) is 0.533. The van der Waals surface area contributed by atoms with Gasteiger partial charge in [-0.3, -0.25) is 0 Å². The minimum atomic E-state index is -1.80. The third kappa shape index (κ3) is 2.15. The first-order valence-electron chi connectivity index (χ1n) is 6.40. The highest BCUT2D eigenvalue weighted by molar-refractivity contribution is 5.78. The maximum Gasteiger partial charge on any atom is 0.340 e. The van der Waals surface area contributed by atoms with E-state index in [0.29, 0.717) is 17.4 Å². The minimum Gasteiger partial charge on any atom is -0.479 e. The summed E-state index contributed by atoms with van der Waals surface area (Å²) in [5.74, 6) is 0.0479. The normalized spacial score (nSPS) is 21.7. The molecule has 2 N–H and O–H groups in total. The second kappa shape index (κ2) is 4.39. The van der Waals surface area contributed by atoms with Crippen LogP contribution in [0, 0.1) is 11.8 Å². The van der Waals surface area contributed by atoms with Crippen molar-refractivity contribution >= 4 is 5.97 Å². The fourth-order valence-corrected chi connectivity index (χ4v) is 2.55. The molecular weight excluding hydrogens is 228 g/mol. The maximum atomic E-state index is 11.0. The molecule has 0 fully saturated rings. The van der Waals surface area contributed by atoms with Crippen LogP contribution in [0.25, 0.3) is 0 Å². The smallest absolute Gasteiger partial charge is 0.340 e. The summed E-state index contributed by atoms with van der Waals surface area (Å²) in [6, 6.07) is 5.55. The lowest BCUT2D eigenvalue weighted by Gasteiger charge is -2.19. The summed E-state index contributed by atoms with van der Waals surface area (Å²) < 4.78 is 0. The van der Waals surface area contributed by atoms with Crippen LogP contribution in [0.4, 0.5) is 0 Å². The van der Waals surface area contributed by atoms with E-state index in [9.17, 15) is 9.90 Å². The first kappa shape index (κ1) is 13.1. The van der Waals surface area contributed by atoms with Crippen LogP contribution < -0.4 is 0 Å². The number of carbonyl (C=O) groups is 1. The molecule has 0 spiro atoms. The molecule has 98 valence electrons. The van der Waals surface area contributed by atoms with E-state index in [1.54, 1.807) is 6.07 Å². The maximum absolute atomic E-state index is 11.0. The lowest BCUT2D eigenvalue weighted by Crippen LogP contribution is -2.31. The van der Waals surface area contributed by atoms with Crippen molar-refractivity contribution in [2.45, 2.75) is 39.2 Å². The van der Waals surface area contributed by atoms with Crippen LogP contribution in [0.3, 0.4) is 0 Å². The summed E-state index contributed by atoms with van der Waals surface area (Å²) in [5.41, 5.74) is 1.15. The molecule has 2 rings (SSSR count). The Hall–Kier alpha value is -1.35. The SMILES string of the molecule is CC(C)[C@@H]1Cc2ccc([C@](C)(O)C(=O)O)cc2C1. The largest absolute Gasteiger partial charge is 0.479 e. The van der Waals surface area contributed by atoms with Gasteiger partial charge in [-0.25, -0.2) is 4.79 Å². The van der Waals surface area contributed by atoms with Crippen LogP contribution in [0.2, 0.25) is 0 Å². The molecule has 0 saturated carbocycles. The molecule has 0 heterocycles. The molecule has 0 unspecified atom stereocenters. The molecule has 0 saturated heterocycles. The van der Waals surface area contributed by atoms with Crippen LogP contribution in [0.15, 0.2) is 18.2 Å². The monoisotopic (exact) mass is 248 g/mol. The third-order valence-corrected chi connectivity index (χ3v) is 4.09. The van der Waals surface area contributed by atoms with Gasteiger partial charge in [0.2, 0.25) is 0 Å². The van der Waals surface area contributed by atoms with Crippen molar-refractivity contribution in [3.05, 3.63) is 34.9 Å². The van der Waals surface area contributed by atoms with E-state index in [-0.39, 0.29) is 0 Å². The van der Waals surface area contributed by atoms with Gasteiger partial charge in [-0.2, -0.15) is 0 Å².